The fourth-order valence-corrected chi connectivity index (χ4v) is 11.2. The molecule has 4 aromatic rings. The van der Waals surface area contributed by atoms with Crippen LogP contribution >= 0.6 is 0 Å². The summed E-state index contributed by atoms with van der Waals surface area (Å²) in [5.41, 5.74) is 7.86. The summed E-state index contributed by atoms with van der Waals surface area (Å²) in [7, 11) is 6.20. The molecule has 3 aromatic heterocycles. The number of fused-ring (bicyclic) bond motifs is 8. The van der Waals surface area contributed by atoms with Crippen LogP contribution in [0.5, 0.6) is 0 Å². The fourth-order valence-electron chi connectivity index (χ4n) is 4.63. The molecule has 0 aliphatic carbocycles. The van der Waals surface area contributed by atoms with E-state index in [4.69, 9.17) is 16.4 Å². The summed E-state index contributed by atoms with van der Waals surface area (Å²) >= 11 is -4.57. The minimum absolute atomic E-state index is 0.250. The second kappa shape index (κ2) is 14.1. The normalized spacial score (nSPS) is 12.9. The molecule has 0 atom stereocenters. The summed E-state index contributed by atoms with van der Waals surface area (Å²) in [5, 5.41) is 7.57. The Labute approximate surface area is 249 Å². The average molecular weight is 649 g/mol. The predicted molar refractivity (Wildman–Crippen MR) is 166 cm³/mol. The van der Waals surface area contributed by atoms with Crippen LogP contribution in [0.15, 0.2) is 78.9 Å². The maximum atomic E-state index is 7.57. The van der Waals surface area contributed by atoms with Crippen LogP contribution in [0.2, 0.25) is 0 Å². The number of aliphatic hydroxyl groups is 1. The number of hydrogen-bond donors (Lipinski definition) is 3. The van der Waals surface area contributed by atoms with Crippen LogP contribution in [0.4, 0.5) is 0 Å². The molecule has 5 heterocycles. The van der Waals surface area contributed by atoms with Crippen LogP contribution in [-0.4, -0.2) is 60.1 Å². The van der Waals surface area contributed by atoms with Gasteiger partial charge in [-0.2, -0.15) is 0 Å². The molecule has 2 aliphatic rings. The second-order valence-electron chi connectivity index (χ2n) is 9.31. The van der Waals surface area contributed by atoms with Crippen molar-refractivity contribution in [1.29, 1.82) is 0 Å². The van der Waals surface area contributed by atoms with Gasteiger partial charge in [-0.1, -0.05) is 0 Å². The number of hydrogen-bond acceptors (Lipinski definition) is 7. The van der Waals surface area contributed by atoms with E-state index >= 15 is 0 Å². The fraction of sp³-hybridized carbons (Fsp3) is 0.188. The molecule has 8 bridgehead atoms. The van der Waals surface area contributed by atoms with Gasteiger partial charge in [0.1, 0.15) is 0 Å². The number of aromatic nitrogens is 4. The summed E-state index contributed by atoms with van der Waals surface area (Å²) in [6.07, 6.45) is 8.09. The Kier molecular flexibility index (Phi) is 10.6. The van der Waals surface area contributed by atoms with Crippen LogP contribution in [0.25, 0.3) is 46.4 Å². The summed E-state index contributed by atoms with van der Waals surface area (Å²) in [5.74, 6) is 0. The average Bonchev–Trinajstić information content (AvgIpc) is 3.83. The van der Waals surface area contributed by atoms with Crippen molar-refractivity contribution in [1.82, 2.24) is 19.9 Å². The van der Waals surface area contributed by atoms with Crippen LogP contribution in [0.3, 0.4) is 0 Å². The molecule has 0 amide bonds. The quantitative estimate of drug-likeness (QED) is 0.213. The molecular weight excluding hydrogens is 612 g/mol. The van der Waals surface area contributed by atoms with Crippen molar-refractivity contribution >= 4 is 49.6 Å². The van der Waals surface area contributed by atoms with E-state index in [1.807, 2.05) is 78.9 Å². The Morgan fingerprint density at radius 1 is 0.571 bits per heavy atom. The van der Waals surface area contributed by atoms with E-state index < -0.39 is 20.5 Å². The van der Waals surface area contributed by atoms with Crippen molar-refractivity contribution in [3.63, 3.8) is 0 Å². The topological polar surface area (TPSA) is 115 Å². The first-order valence-corrected chi connectivity index (χ1v) is 18.7. The van der Waals surface area contributed by atoms with Crippen molar-refractivity contribution in [2.45, 2.75) is 6.92 Å². The van der Waals surface area contributed by atoms with Gasteiger partial charge < -0.3 is 15.1 Å². The van der Waals surface area contributed by atoms with Gasteiger partial charge >= 0.3 is 93.8 Å². The number of aliphatic hydroxyl groups excluding tert-OH is 1. The van der Waals surface area contributed by atoms with Crippen molar-refractivity contribution in [2.75, 3.05) is 35.0 Å². The van der Waals surface area contributed by atoms with Gasteiger partial charge in [-0.15, -0.1) is 0 Å². The number of aromatic amines is 2. The van der Waals surface area contributed by atoms with Crippen LogP contribution in [-0.2, 0) is 31.8 Å². The first-order chi connectivity index (χ1) is 20.4. The second-order valence-corrected chi connectivity index (χ2v) is 19.2. The molecule has 0 spiro atoms. The third-order valence-electron chi connectivity index (χ3n) is 6.70. The zero-order valence-electron chi connectivity index (χ0n) is 24.5. The van der Waals surface area contributed by atoms with E-state index in [1.54, 1.807) is 35.4 Å². The molecule has 0 radical (unpaired) electrons. The van der Waals surface area contributed by atoms with Crippen molar-refractivity contribution in [3.05, 3.63) is 102 Å². The van der Waals surface area contributed by atoms with Crippen molar-refractivity contribution in [2.24, 2.45) is 0 Å². The standard InChI is InChI=1S/C20H14N4.C6H5.C2H6O.4CH3O.Zr/c1-2-14-10-16-5-6-18(23-16)12-20-8-7-19(24-20)11-17-4-3-15(22-17)9-13(1)21-14;1-2-4-6-5-3-1;1-2-3;4*1-2;/h1-12,21,24H;1-5H;3H,2H2,1H3;4*1H3;/q;;;4*-1;+4. The molecule has 3 N–H and O–H groups in total. The molecule has 2 aliphatic heterocycles. The molecule has 0 saturated heterocycles. The van der Waals surface area contributed by atoms with E-state index in [9.17, 15) is 0 Å². The van der Waals surface area contributed by atoms with Gasteiger partial charge in [0.05, 0.1) is 22.8 Å². The van der Waals surface area contributed by atoms with E-state index in [0.717, 1.165) is 48.1 Å². The number of H-pyrrole nitrogens is 2. The molecule has 10 heteroatoms. The zero-order valence-corrected chi connectivity index (χ0v) is 27.0. The molecule has 0 fully saturated rings. The van der Waals surface area contributed by atoms with Gasteiger partial charge in [0.2, 0.25) is 0 Å². The van der Waals surface area contributed by atoms with Gasteiger partial charge in [0.15, 0.2) is 0 Å². The van der Waals surface area contributed by atoms with Crippen molar-refractivity contribution < 1.29 is 36.9 Å². The Morgan fingerprint density at radius 2 is 0.881 bits per heavy atom. The van der Waals surface area contributed by atoms with E-state index in [-0.39, 0.29) is 6.61 Å². The van der Waals surface area contributed by atoms with Gasteiger partial charge in [-0.25, -0.2) is 9.97 Å². The third-order valence-corrected chi connectivity index (χ3v) is 16.8. The molecule has 0 unspecified atom stereocenters. The molecule has 9 nitrogen and oxygen atoms in total. The Balaban J connectivity index is 0.000000195. The summed E-state index contributed by atoms with van der Waals surface area (Å²) < 4.78 is 22.9. The monoisotopic (exact) mass is 647 g/mol. The zero-order chi connectivity index (χ0) is 30.0. The first-order valence-electron chi connectivity index (χ1n) is 13.5. The Hall–Kier alpha value is -3.50. The SMILES string of the molecule is C1=Cc2cc3ccc(cc4nc(cc5ccc(cc1n2)[nH]5)C=C4)[nH]3.CCO.C[O][Zr]([O]C)([O]C)([O]C)[c]1ccccc1. The van der Waals surface area contributed by atoms with Gasteiger partial charge in [-0.05, 0) is 79.8 Å². The predicted octanol–water partition coefficient (Wildman–Crippen LogP) is 5.90. The molecule has 0 saturated carbocycles. The Bertz CT molecular complexity index is 1510. The third kappa shape index (κ3) is 7.10. The maximum absolute atomic E-state index is 7.57. The first kappa shape index (κ1) is 31.4. The van der Waals surface area contributed by atoms with E-state index in [2.05, 4.69) is 44.2 Å². The number of nitrogens with zero attached hydrogens (tertiary/aromatic N) is 2. The summed E-state index contributed by atoms with van der Waals surface area (Å²) in [6, 6.07) is 25.9. The molecule has 6 rings (SSSR count). The van der Waals surface area contributed by atoms with Gasteiger partial charge in [0, 0.05) is 28.7 Å². The molecule has 219 valence electrons. The summed E-state index contributed by atoms with van der Waals surface area (Å²) in [6.45, 7) is 1.93. The summed E-state index contributed by atoms with van der Waals surface area (Å²) in [4.78, 5) is 16.0. The van der Waals surface area contributed by atoms with Crippen LogP contribution in [0, 0.1) is 0 Å². The number of benzene rings is 1. The van der Waals surface area contributed by atoms with Gasteiger partial charge in [-0.3, -0.25) is 0 Å². The van der Waals surface area contributed by atoms with Crippen molar-refractivity contribution in [3.8, 4) is 0 Å². The molecule has 42 heavy (non-hydrogen) atoms. The minimum atomic E-state index is -4.57. The number of rotatable bonds is 5. The van der Waals surface area contributed by atoms with Gasteiger partial charge in [0.25, 0.3) is 0 Å². The molecular formula is C32H37N4O5Zr. The van der Waals surface area contributed by atoms with E-state index in [1.165, 1.54) is 0 Å². The van der Waals surface area contributed by atoms with Crippen LogP contribution < -0.4 is 3.27 Å². The Morgan fingerprint density at radius 3 is 1.17 bits per heavy atom. The molecule has 1 aromatic carbocycles. The van der Waals surface area contributed by atoms with Crippen LogP contribution in [0.1, 0.15) is 29.7 Å². The number of nitrogens with one attached hydrogen (secondary N) is 2. The van der Waals surface area contributed by atoms with E-state index in [0.29, 0.717) is 0 Å².